The van der Waals surface area contributed by atoms with Gasteiger partial charge in [0.2, 0.25) is 0 Å². The van der Waals surface area contributed by atoms with Crippen LogP contribution in [0.2, 0.25) is 0 Å². The smallest absolute Gasteiger partial charge is 2.00 e. The largest absolute Gasteiger partial charge is 4.00 e. The summed E-state index contributed by atoms with van der Waals surface area (Å²) in [7, 11) is 0. The van der Waals surface area contributed by atoms with Crippen LogP contribution in [0.4, 0.5) is 0 Å². The zero-order chi connectivity index (χ0) is 0. The molecule has 0 heterocycles. The van der Waals surface area contributed by atoms with Crippen molar-refractivity contribution in [3.8, 4) is 0 Å². The second kappa shape index (κ2) is 27.8. The molecule has 0 aromatic rings. The fourth-order valence-corrected chi connectivity index (χ4v) is 0. The molecule has 0 fully saturated rings. The van der Waals surface area contributed by atoms with Gasteiger partial charge in [-0.05, 0) is 0 Å². The van der Waals surface area contributed by atoms with E-state index in [0.29, 0.717) is 0 Å². The third kappa shape index (κ3) is 10.3. The molecule has 0 spiro atoms. The Bertz CT molecular complexity index is 6.00. The van der Waals surface area contributed by atoms with Crippen LogP contribution in [0.25, 0.3) is 0 Å². The zero-order valence-electron chi connectivity index (χ0n) is 1.63. The Morgan fingerprint density at radius 1 is 0.750 bits per heavy atom. The van der Waals surface area contributed by atoms with Crippen LogP contribution in [0.5, 0.6) is 0 Å². The average molecular weight is 186 g/mol. The minimum Gasteiger partial charge on any atom is -2.00 e. The van der Waals surface area contributed by atoms with Crippen molar-refractivity contribution in [3.63, 3.8) is 0 Å². The van der Waals surface area contributed by atoms with Gasteiger partial charge in [-0.2, -0.15) is 0 Å². The summed E-state index contributed by atoms with van der Waals surface area (Å²) in [4.78, 5) is 0. The molecule has 26 valence electrons. The van der Waals surface area contributed by atoms with Gasteiger partial charge in [-0.1, -0.05) is 0 Å². The zero-order valence-corrected chi connectivity index (χ0v) is 4.75. The molecule has 2 nitrogen and oxygen atoms in total. The van der Waals surface area contributed by atoms with Crippen molar-refractivity contribution in [1.29, 1.82) is 0 Å². The maximum absolute atomic E-state index is 0. The predicted molar refractivity (Wildman–Crippen MR) is 1.37 cm³/mol. The molecule has 4 heavy (non-hydrogen) atoms. The van der Waals surface area contributed by atoms with Crippen molar-refractivity contribution >= 4 is 0 Å². The summed E-state index contributed by atoms with van der Waals surface area (Å²) in [5, 5.41) is 0. The van der Waals surface area contributed by atoms with Crippen LogP contribution in [0.15, 0.2) is 0 Å². The summed E-state index contributed by atoms with van der Waals surface area (Å²) < 4.78 is 0. The standard InChI is InChI=1S/2O.Pd.Ti/q2*-2;;+4. The molecule has 4 heteroatoms. The minimum absolute atomic E-state index is 0. The maximum Gasteiger partial charge on any atom is 4.00 e. The average Bonchev–Trinajstić information content (AvgIpc) is 0. The van der Waals surface area contributed by atoms with E-state index in [1.165, 1.54) is 0 Å². The maximum atomic E-state index is 0. The van der Waals surface area contributed by atoms with E-state index < -0.39 is 0 Å². The van der Waals surface area contributed by atoms with E-state index >= 15 is 0 Å². The van der Waals surface area contributed by atoms with Gasteiger partial charge in [-0.15, -0.1) is 0 Å². The van der Waals surface area contributed by atoms with E-state index in [2.05, 4.69) is 0 Å². The molecule has 0 radical (unpaired) electrons. The SMILES string of the molecule is [O-2].[O-2].[Pd].[Ti+4]. The van der Waals surface area contributed by atoms with Crippen LogP contribution in [0.1, 0.15) is 0 Å². The van der Waals surface area contributed by atoms with E-state index in [-0.39, 0.29) is 53.1 Å². The predicted octanol–water partition coefficient (Wildman–Crippen LogP) is -0.243. The number of rotatable bonds is 0. The van der Waals surface area contributed by atoms with Crippen LogP contribution in [0, 0.1) is 0 Å². The summed E-state index contributed by atoms with van der Waals surface area (Å²) in [5.74, 6) is 0. The molecule has 0 rings (SSSR count). The minimum atomic E-state index is 0. The molecule has 0 saturated carbocycles. The van der Waals surface area contributed by atoms with Crippen molar-refractivity contribution in [2.75, 3.05) is 0 Å². The molecule has 0 aromatic carbocycles. The van der Waals surface area contributed by atoms with Gasteiger partial charge in [0.05, 0.1) is 0 Å². The second-order valence-corrected chi connectivity index (χ2v) is 0. The molecule has 0 bridgehead atoms. The number of hydrogen-bond donors (Lipinski definition) is 0. The van der Waals surface area contributed by atoms with Gasteiger partial charge in [0.1, 0.15) is 0 Å². The molecule has 0 aliphatic heterocycles. The van der Waals surface area contributed by atoms with Gasteiger partial charge in [0.15, 0.2) is 0 Å². The molecule has 0 aliphatic carbocycles. The Hall–Kier alpha value is 1.30. The topological polar surface area (TPSA) is 57.0 Å². The Kier molecular flexibility index (Phi) is 404. The molecule has 0 aliphatic rings. The molecular weight excluding hydrogens is 186 g/mol. The molecule has 0 aromatic heterocycles. The molecule has 0 atom stereocenters. The van der Waals surface area contributed by atoms with Gasteiger partial charge >= 0.3 is 21.7 Å². The summed E-state index contributed by atoms with van der Waals surface area (Å²) in [6, 6.07) is 0. The van der Waals surface area contributed by atoms with Gasteiger partial charge < -0.3 is 11.0 Å². The van der Waals surface area contributed by atoms with E-state index in [9.17, 15) is 0 Å². The third-order valence-electron chi connectivity index (χ3n) is 0. The third-order valence-corrected chi connectivity index (χ3v) is 0. The summed E-state index contributed by atoms with van der Waals surface area (Å²) in [6.07, 6.45) is 0. The monoisotopic (exact) mass is 186 g/mol. The second-order valence-electron chi connectivity index (χ2n) is 0. The fraction of sp³-hybridized carbons (Fsp3) is 0. The van der Waals surface area contributed by atoms with Gasteiger partial charge in [-0.3, -0.25) is 0 Å². The van der Waals surface area contributed by atoms with Crippen molar-refractivity contribution in [1.82, 2.24) is 0 Å². The fourth-order valence-electron chi connectivity index (χ4n) is 0. The quantitative estimate of drug-likeness (QED) is 0.469. The summed E-state index contributed by atoms with van der Waals surface area (Å²) in [5.41, 5.74) is 0. The molecule has 0 amide bonds. The first-order valence-corrected chi connectivity index (χ1v) is 0. The van der Waals surface area contributed by atoms with E-state index in [0.717, 1.165) is 0 Å². The molecule has 0 N–H and O–H groups in total. The Morgan fingerprint density at radius 3 is 0.750 bits per heavy atom. The van der Waals surface area contributed by atoms with E-state index in [4.69, 9.17) is 0 Å². The molecular formula is O2PdTi. The van der Waals surface area contributed by atoms with E-state index in [1.54, 1.807) is 0 Å². The first-order chi connectivity index (χ1) is 0. The van der Waals surface area contributed by atoms with Crippen LogP contribution in [0.3, 0.4) is 0 Å². The van der Waals surface area contributed by atoms with Crippen LogP contribution in [-0.4, -0.2) is 0 Å². The van der Waals surface area contributed by atoms with Gasteiger partial charge in [0, 0.05) is 20.4 Å². The Labute approximate surface area is 53.1 Å². The van der Waals surface area contributed by atoms with Gasteiger partial charge in [-0.25, -0.2) is 0 Å². The summed E-state index contributed by atoms with van der Waals surface area (Å²) >= 11 is 0. The normalized spacial score (nSPS) is 0. The molecule has 0 unspecified atom stereocenters. The van der Waals surface area contributed by atoms with Crippen LogP contribution < -0.4 is 0 Å². The molecule has 0 saturated heterocycles. The van der Waals surface area contributed by atoms with Gasteiger partial charge in [0.25, 0.3) is 0 Å². The van der Waals surface area contributed by atoms with Crippen molar-refractivity contribution in [2.45, 2.75) is 0 Å². The first-order valence-electron chi connectivity index (χ1n) is 0. The van der Waals surface area contributed by atoms with Crippen molar-refractivity contribution in [3.05, 3.63) is 0 Å². The van der Waals surface area contributed by atoms with E-state index in [1.807, 2.05) is 0 Å². The Morgan fingerprint density at radius 2 is 0.750 bits per heavy atom. The Balaban J connectivity index is 0. The van der Waals surface area contributed by atoms with Crippen molar-refractivity contribution in [2.24, 2.45) is 0 Å². The number of hydrogen-bond acceptors (Lipinski definition) is 0. The van der Waals surface area contributed by atoms with Crippen molar-refractivity contribution < 1.29 is 53.1 Å². The van der Waals surface area contributed by atoms with Crippen LogP contribution in [-0.2, 0) is 53.1 Å². The van der Waals surface area contributed by atoms with Crippen LogP contribution >= 0.6 is 0 Å². The first kappa shape index (κ1) is 58.2. The summed E-state index contributed by atoms with van der Waals surface area (Å²) in [6.45, 7) is 0.